The number of amides is 1. The molecule has 1 fully saturated rings. The Morgan fingerprint density at radius 3 is 2.59 bits per heavy atom. The van der Waals surface area contributed by atoms with E-state index >= 15 is 0 Å². The molecule has 2 heterocycles. The van der Waals surface area contributed by atoms with Gasteiger partial charge >= 0.3 is 0 Å². The van der Waals surface area contributed by atoms with Crippen LogP contribution in [0.2, 0.25) is 5.02 Å². The van der Waals surface area contributed by atoms with E-state index < -0.39 is 5.66 Å². The molecule has 4 rings (SSSR count). The van der Waals surface area contributed by atoms with E-state index in [2.05, 4.69) is 45.2 Å². The molecule has 2 aliphatic rings. The minimum Gasteiger partial charge on any atom is -0.325 e. The molecule has 0 aromatic heterocycles. The van der Waals surface area contributed by atoms with Crippen LogP contribution < -0.4 is 5.32 Å². The Bertz CT molecular complexity index is 1060. The maximum atomic E-state index is 12.7. The lowest BCUT2D eigenvalue weighted by Gasteiger charge is -2.34. The molecule has 0 aliphatic carbocycles. The molecule has 5 nitrogen and oxygen atoms in total. The molecular formula is C24H26BrClN4OS. The largest absolute Gasteiger partial charge is 0.325 e. The molecule has 1 saturated heterocycles. The van der Waals surface area contributed by atoms with E-state index in [9.17, 15) is 4.79 Å². The van der Waals surface area contributed by atoms with E-state index in [-0.39, 0.29) is 11.7 Å². The van der Waals surface area contributed by atoms with E-state index in [1.54, 1.807) is 6.07 Å². The van der Waals surface area contributed by atoms with E-state index in [4.69, 9.17) is 21.6 Å². The van der Waals surface area contributed by atoms with Gasteiger partial charge in [-0.1, -0.05) is 64.4 Å². The molecule has 0 radical (unpaired) electrons. The summed E-state index contributed by atoms with van der Waals surface area (Å²) in [6.07, 6.45) is 1.80. The van der Waals surface area contributed by atoms with Gasteiger partial charge in [0.1, 0.15) is 5.04 Å². The van der Waals surface area contributed by atoms with Crippen molar-refractivity contribution in [3.05, 3.63) is 63.1 Å². The highest BCUT2D eigenvalue weighted by Crippen LogP contribution is 2.35. The van der Waals surface area contributed by atoms with Gasteiger partial charge in [0.15, 0.2) is 5.66 Å². The molecule has 1 spiro atoms. The Morgan fingerprint density at radius 1 is 1.19 bits per heavy atom. The van der Waals surface area contributed by atoms with Crippen LogP contribution in [-0.4, -0.2) is 52.6 Å². The number of likely N-dealkylation sites (tertiary alicyclic amines) is 1. The number of piperidine rings is 1. The number of aryl methyl sites for hydroxylation is 1. The number of aliphatic imine (C=N–C) groups is 2. The summed E-state index contributed by atoms with van der Waals surface area (Å²) in [7, 11) is 0. The van der Waals surface area contributed by atoms with Crippen LogP contribution in [0.25, 0.3) is 0 Å². The third-order valence-electron chi connectivity index (χ3n) is 5.87. The fourth-order valence-electron chi connectivity index (χ4n) is 3.92. The van der Waals surface area contributed by atoms with Crippen LogP contribution in [-0.2, 0) is 4.79 Å². The highest BCUT2D eigenvalue weighted by Gasteiger charge is 2.39. The predicted molar refractivity (Wildman–Crippen MR) is 139 cm³/mol. The van der Waals surface area contributed by atoms with Crippen molar-refractivity contribution in [2.75, 3.05) is 30.7 Å². The van der Waals surface area contributed by atoms with Gasteiger partial charge in [-0.25, -0.2) is 4.99 Å². The van der Waals surface area contributed by atoms with Crippen molar-refractivity contribution < 1.29 is 4.79 Å². The molecule has 2 aromatic rings. The summed E-state index contributed by atoms with van der Waals surface area (Å²) in [6, 6.07) is 13.6. The van der Waals surface area contributed by atoms with Crippen molar-refractivity contribution in [3.63, 3.8) is 0 Å². The van der Waals surface area contributed by atoms with Gasteiger partial charge in [-0.3, -0.25) is 9.79 Å². The number of nitrogens with zero attached hydrogens (tertiary/aromatic N) is 3. The van der Waals surface area contributed by atoms with Gasteiger partial charge in [-0.15, -0.1) is 0 Å². The lowest BCUT2D eigenvalue weighted by Crippen LogP contribution is -2.41. The van der Waals surface area contributed by atoms with Gasteiger partial charge < -0.3 is 10.2 Å². The summed E-state index contributed by atoms with van der Waals surface area (Å²) in [5, 5.41) is 4.41. The summed E-state index contributed by atoms with van der Waals surface area (Å²) in [6.45, 7) is 7.17. The van der Waals surface area contributed by atoms with Crippen molar-refractivity contribution in [1.29, 1.82) is 0 Å². The lowest BCUT2D eigenvalue weighted by molar-refractivity contribution is -0.113. The standard InChI is InChI=1S/C24H26BrClN4OS/c1-3-30-12-10-24(11-13-30)28-22(17-5-7-18(25)8-6-17)23(29-24)32-15-21(31)27-20-14-19(26)9-4-16(20)2/h4-9,14H,3,10-13,15H2,1-2H3,(H,27,31). The smallest absolute Gasteiger partial charge is 0.234 e. The molecule has 0 atom stereocenters. The number of carbonyl (C=O) groups is 1. The highest BCUT2D eigenvalue weighted by atomic mass is 79.9. The van der Waals surface area contributed by atoms with Crippen LogP contribution in [0.5, 0.6) is 0 Å². The molecule has 0 unspecified atom stereocenters. The Hall–Kier alpha value is -1.67. The maximum Gasteiger partial charge on any atom is 0.234 e. The number of hydrogen-bond donors (Lipinski definition) is 1. The van der Waals surface area contributed by atoms with Crippen LogP contribution in [0.15, 0.2) is 56.9 Å². The first-order valence-electron chi connectivity index (χ1n) is 10.7. The number of thioether (sulfide) groups is 1. The molecule has 1 N–H and O–H groups in total. The summed E-state index contributed by atoms with van der Waals surface area (Å²) in [5.41, 5.74) is 3.22. The summed E-state index contributed by atoms with van der Waals surface area (Å²) < 4.78 is 1.02. The molecule has 1 amide bonds. The van der Waals surface area contributed by atoms with Crippen LogP contribution in [0.4, 0.5) is 5.69 Å². The molecule has 2 aliphatic heterocycles. The van der Waals surface area contributed by atoms with Crippen LogP contribution in [0, 0.1) is 6.92 Å². The molecule has 168 valence electrons. The van der Waals surface area contributed by atoms with E-state index in [1.807, 2.05) is 31.2 Å². The number of benzene rings is 2. The Labute approximate surface area is 206 Å². The number of anilines is 1. The minimum absolute atomic E-state index is 0.0834. The zero-order valence-electron chi connectivity index (χ0n) is 18.2. The number of rotatable bonds is 5. The summed E-state index contributed by atoms with van der Waals surface area (Å²) in [5.74, 6) is 0.178. The van der Waals surface area contributed by atoms with E-state index in [1.165, 1.54) is 11.8 Å². The van der Waals surface area contributed by atoms with Gasteiger partial charge in [0.25, 0.3) is 0 Å². The highest BCUT2D eigenvalue weighted by molar-refractivity contribution is 9.10. The lowest BCUT2D eigenvalue weighted by atomic mass is 9.98. The Morgan fingerprint density at radius 2 is 1.91 bits per heavy atom. The van der Waals surface area contributed by atoms with Crippen molar-refractivity contribution in [3.8, 4) is 0 Å². The fraction of sp³-hybridized carbons (Fsp3) is 0.375. The Balaban J connectivity index is 1.51. The molecule has 8 heteroatoms. The van der Waals surface area contributed by atoms with Crippen LogP contribution in [0.1, 0.15) is 30.9 Å². The van der Waals surface area contributed by atoms with Crippen molar-refractivity contribution in [2.45, 2.75) is 32.4 Å². The van der Waals surface area contributed by atoms with Gasteiger partial charge in [0, 0.05) is 46.7 Å². The third kappa shape index (κ3) is 5.45. The van der Waals surface area contributed by atoms with Gasteiger partial charge in [-0.2, -0.15) is 0 Å². The van der Waals surface area contributed by atoms with Gasteiger partial charge in [0.2, 0.25) is 5.91 Å². The fourth-order valence-corrected chi connectivity index (χ4v) is 5.23. The monoisotopic (exact) mass is 532 g/mol. The topological polar surface area (TPSA) is 57.1 Å². The first-order chi connectivity index (χ1) is 15.4. The third-order valence-corrected chi connectivity index (χ3v) is 7.60. The van der Waals surface area contributed by atoms with Crippen LogP contribution in [0.3, 0.4) is 0 Å². The van der Waals surface area contributed by atoms with Crippen molar-refractivity contribution >= 4 is 61.6 Å². The average Bonchev–Trinajstić information content (AvgIpc) is 3.14. The quantitative estimate of drug-likeness (QED) is 0.529. The summed E-state index contributed by atoms with van der Waals surface area (Å²) >= 11 is 11.0. The molecular weight excluding hydrogens is 508 g/mol. The van der Waals surface area contributed by atoms with Gasteiger partial charge in [0.05, 0.1) is 11.5 Å². The second kappa shape index (κ2) is 10.1. The second-order valence-electron chi connectivity index (χ2n) is 8.10. The first kappa shape index (κ1) is 23.5. The SMILES string of the molecule is CCN1CCC2(CC1)N=C(SCC(=O)Nc1cc(Cl)ccc1C)C(c1ccc(Br)cc1)=N2. The molecule has 0 saturated carbocycles. The number of halogens is 2. The minimum atomic E-state index is -0.406. The summed E-state index contributed by atoms with van der Waals surface area (Å²) in [4.78, 5) is 25.3. The van der Waals surface area contributed by atoms with E-state index in [0.717, 1.165) is 64.5 Å². The predicted octanol–water partition coefficient (Wildman–Crippen LogP) is 5.80. The van der Waals surface area contributed by atoms with Crippen molar-refractivity contribution in [1.82, 2.24) is 4.90 Å². The van der Waals surface area contributed by atoms with Crippen LogP contribution >= 0.6 is 39.3 Å². The zero-order valence-corrected chi connectivity index (χ0v) is 21.4. The molecule has 32 heavy (non-hydrogen) atoms. The zero-order chi connectivity index (χ0) is 22.7. The number of carbonyl (C=O) groups excluding carboxylic acids is 1. The van der Waals surface area contributed by atoms with E-state index in [0.29, 0.717) is 5.02 Å². The average molecular weight is 534 g/mol. The molecule has 0 bridgehead atoms. The normalized spacial score (nSPS) is 17.9. The second-order valence-corrected chi connectivity index (χ2v) is 10.4. The molecule has 2 aromatic carbocycles. The Kier molecular flexibility index (Phi) is 7.40. The van der Waals surface area contributed by atoms with Crippen molar-refractivity contribution in [2.24, 2.45) is 9.98 Å². The maximum absolute atomic E-state index is 12.7. The number of hydrogen-bond acceptors (Lipinski definition) is 5. The number of nitrogens with one attached hydrogen (secondary N) is 1. The first-order valence-corrected chi connectivity index (χ1v) is 12.9. The van der Waals surface area contributed by atoms with Gasteiger partial charge in [-0.05, 0) is 43.3 Å².